The monoisotopic (exact) mass is 197 g/mol. The molecule has 0 radical (unpaired) electrons. The summed E-state index contributed by atoms with van der Waals surface area (Å²) in [6, 6.07) is 14.7. The first-order valence-corrected chi connectivity index (χ1v) is 5.30. The molecular weight excluding hydrogens is 182 g/mol. The molecule has 0 bridgehead atoms. The van der Waals surface area contributed by atoms with Crippen molar-refractivity contribution in [3.05, 3.63) is 65.5 Å². The van der Waals surface area contributed by atoms with E-state index in [9.17, 15) is 0 Å². The summed E-state index contributed by atoms with van der Waals surface area (Å²) in [5.74, 6) is 0. The predicted molar refractivity (Wildman–Crippen MR) is 62.8 cm³/mol. The van der Waals surface area contributed by atoms with Gasteiger partial charge in [-0.15, -0.1) is 0 Å². The van der Waals surface area contributed by atoms with Crippen LogP contribution in [0.1, 0.15) is 16.8 Å². The van der Waals surface area contributed by atoms with Gasteiger partial charge in [0.15, 0.2) is 0 Å². The molecule has 0 aliphatic rings. The average Bonchev–Trinajstić information content (AvgIpc) is 2.29. The van der Waals surface area contributed by atoms with Gasteiger partial charge in [0, 0.05) is 11.9 Å². The first kappa shape index (κ1) is 9.91. The normalized spacial score (nSPS) is 10.2. The quantitative estimate of drug-likeness (QED) is 0.736. The largest absolute Gasteiger partial charge is 0.261 e. The topological polar surface area (TPSA) is 12.9 Å². The van der Waals surface area contributed by atoms with Gasteiger partial charge in [-0.2, -0.15) is 0 Å². The lowest BCUT2D eigenvalue weighted by Gasteiger charge is -2.03. The summed E-state index contributed by atoms with van der Waals surface area (Å²) in [6.45, 7) is 2.12. The molecule has 0 aliphatic carbocycles. The lowest BCUT2D eigenvalue weighted by Crippen LogP contribution is -1.96. The molecule has 0 saturated carbocycles. The third-order valence-electron chi connectivity index (χ3n) is 2.61. The van der Waals surface area contributed by atoms with Crippen molar-refractivity contribution in [3.63, 3.8) is 0 Å². The standard InChI is InChI=1S/C14H15N/c1-12-6-5-11-15-14(12)10-9-13-7-3-2-4-8-13/h2-8,11H,9-10H2,1H3. The van der Waals surface area contributed by atoms with Crippen molar-refractivity contribution in [2.45, 2.75) is 19.8 Å². The third kappa shape index (κ3) is 2.66. The first-order valence-electron chi connectivity index (χ1n) is 5.30. The van der Waals surface area contributed by atoms with Gasteiger partial charge in [0.1, 0.15) is 0 Å². The second kappa shape index (κ2) is 4.74. The van der Waals surface area contributed by atoms with Crippen molar-refractivity contribution in [2.24, 2.45) is 0 Å². The summed E-state index contributed by atoms with van der Waals surface area (Å²) in [7, 11) is 0. The fourth-order valence-electron chi connectivity index (χ4n) is 1.69. The van der Waals surface area contributed by atoms with Crippen LogP contribution in [0, 0.1) is 6.92 Å². The van der Waals surface area contributed by atoms with E-state index in [2.05, 4.69) is 48.3 Å². The highest BCUT2D eigenvalue weighted by atomic mass is 14.7. The van der Waals surface area contributed by atoms with Gasteiger partial charge in [0.2, 0.25) is 0 Å². The Morgan fingerprint density at radius 3 is 2.47 bits per heavy atom. The van der Waals surface area contributed by atoms with E-state index in [0.717, 1.165) is 12.8 Å². The SMILES string of the molecule is Cc1cccnc1CCc1ccccc1. The molecule has 0 N–H and O–H groups in total. The first-order chi connectivity index (χ1) is 7.36. The fourth-order valence-corrected chi connectivity index (χ4v) is 1.69. The smallest absolute Gasteiger partial charge is 0.0436 e. The molecular formula is C14H15N. The summed E-state index contributed by atoms with van der Waals surface area (Å²) in [6.07, 6.45) is 3.96. The lowest BCUT2D eigenvalue weighted by atomic mass is 10.1. The number of rotatable bonds is 3. The van der Waals surface area contributed by atoms with Gasteiger partial charge in [-0.25, -0.2) is 0 Å². The van der Waals surface area contributed by atoms with Crippen LogP contribution in [0.25, 0.3) is 0 Å². The van der Waals surface area contributed by atoms with E-state index in [-0.39, 0.29) is 0 Å². The summed E-state index contributed by atoms with van der Waals surface area (Å²) < 4.78 is 0. The fraction of sp³-hybridized carbons (Fsp3) is 0.214. The zero-order valence-corrected chi connectivity index (χ0v) is 8.98. The number of nitrogens with zero attached hydrogens (tertiary/aromatic N) is 1. The molecule has 15 heavy (non-hydrogen) atoms. The van der Waals surface area contributed by atoms with Gasteiger partial charge >= 0.3 is 0 Å². The molecule has 0 aliphatic heterocycles. The maximum atomic E-state index is 4.39. The van der Waals surface area contributed by atoms with Crippen LogP contribution < -0.4 is 0 Å². The molecule has 0 amide bonds. The Morgan fingerprint density at radius 2 is 1.73 bits per heavy atom. The van der Waals surface area contributed by atoms with Crippen molar-refractivity contribution in [1.82, 2.24) is 4.98 Å². The van der Waals surface area contributed by atoms with Crippen LogP contribution >= 0.6 is 0 Å². The van der Waals surface area contributed by atoms with E-state index in [1.807, 2.05) is 12.3 Å². The number of hydrogen-bond acceptors (Lipinski definition) is 1. The van der Waals surface area contributed by atoms with E-state index < -0.39 is 0 Å². The van der Waals surface area contributed by atoms with Crippen molar-refractivity contribution >= 4 is 0 Å². The molecule has 76 valence electrons. The minimum Gasteiger partial charge on any atom is -0.261 e. The lowest BCUT2D eigenvalue weighted by molar-refractivity contribution is 0.900. The molecule has 1 heterocycles. The van der Waals surface area contributed by atoms with E-state index in [1.54, 1.807) is 0 Å². The maximum absolute atomic E-state index is 4.39. The van der Waals surface area contributed by atoms with Gasteiger partial charge < -0.3 is 0 Å². The van der Waals surface area contributed by atoms with E-state index in [1.165, 1.54) is 16.8 Å². The van der Waals surface area contributed by atoms with Crippen molar-refractivity contribution in [1.29, 1.82) is 0 Å². The molecule has 1 aromatic heterocycles. The molecule has 2 rings (SSSR count). The Kier molecular flexibility index (Phi) is 3.13. The second-order valence-corrected chi connectivity index (χ2v) is 3.75. The number of hydrogen-bond donors (Lipinski definition) is 0. The van der Waals surface area contributed by atoms with Gasteiger partial charge in [0.05, 0.1) is 0 Å². The summed E-state index contributed by atoms with van der Waals surface area (Å²) in [4.78, 5) is 4.39. The van der Waals surface area contributed by atoms with Crippen molar-refractivity contribution < 1.29 is 0 Å². The Labute approximate surface area is 90.8 Å². The Balaban J connectivity index is 2.03. The number of benzene rings is 1. The predicted octanol–water partition coefficient (Wildman–Crippen LogP) is 3.18. The van der Waals surface area contributed by atoms with Crippen LogP contribution in [-0.4, -0.2) is 4.98 Å². The van der Waals surface area contributed by atoms with E-state index in [0.29, 0.717) is 0 Å². The molecule has 0 fully saturated rings. The highest BCUT2D eigenvalue weighted by molar-refractivity contribution is 5.21. The molecule has 0 saturated heterocycles. The molecule has 1 heteroatoms. The zero-order valence-electron chi connectivity index (χ0n) is 8.98. The molecule has 2 aromatic rings. The highest BCUT2D eigenvalue weighted by Crippen LogP contribution is 2.08. The van der Waals surface area contributed by atoms with Crippen molar-refractivity contribution in [3.8, 4) is 0 Å². The number of pyridine rings is 1. The molecule has 1 nitrogen and oxygen atoms in total. The third-order valence-corrected chi connectivity index (χ3v) is 2.61. The van der Waals surface area contributed by atoms with Crippen LogP contribution in [0.5, 0.6) is 0 Å². The Morgan fingerprint density at radius 1 is 0.933 bits per heavy atom. The minimum atomic E-state index is 1.02. The van der Waals surface area contributed by atoms with Crippen LogP contribution in [0.3, 0.4) is 0 Å². The van der Waals surface area contributed by atoms with E-state index >= 15 is 0 Å². The van der Waals surface area contributed by atoms with Crippen molar-refractivity contribution in [2.75, 3.05) is 0 Å². The Bertz CT molecular complexity index is 420. The number of aromatic nitrogens is 1. The average molecular weight is 197 g/mol. The number of aryl methyl sites for hydroxylation is 3. The zero-order chi connectivity index (χ0) is 10.5. The summed E-state index contributed by atoms with van der Waals surface area (Å²) >= 11 is 0. The van der Waals surface area contributed by atoms with Crippen LogP contribution in [0.15, 0.2) is 48.7 Å². The van der Waals surface area contributed by atoms with Gasteiger partial charge in [-0.1, -0.05) is 36.4 Å². The molecule has 0 unspecified atom stereocenters. The Hall–Kier alpha value is -1.63. The van der Waals surface area contributed by atoms with E-state index in [4.69, 9.17) is 0 Å². The maximum Gasteiger partial charge on any atom is 0.0436 e. The summed E-state index contributed by atoms with van der Waals surface area (Å²) in [5, 5.41) is 0. The molecule has 0 atom stereocenters. The summed E-state index contributed by atoms with van der Waals surface area (Å²) in [5.41, 5.74) is 3.87. The van der Waals surface area contributed by atoms with Crippen LogP contribution in [0.4, 0.5) is 0 Å². The van der Waals surface area contributed by atoms with Gasteiger partial charge in [-0.05, 0) is 37.0 Å². The highest BCUT2D eigenvalue weighted by Gasteiger charge is 1.99. The minimum absolute atomic E-state index is 1.02. The molecule has 1 aromatic carbocycles. The van der Waals surface area contributed by atoms with Gasteiger partial charge in [-0.3, -0.25) is 4.98 Å². The van der Waals surface area contributed by atoms with Crippen LogP contribution in [-0.2, 0) is 12.8 Å². The van der Waals surface area contributed by atoms with Gasteiger partial charge in [0.25, 0.3) is 0 Å². The molecule has 0 spiro atoms. The second-order valence-electron chi connectivity index (χ2n) is 3.75. The van der Waals surface area contributed by atoms with Crippen LogP contribution in [0.2, 0.25) is 0 Å².